The number of ketones is 1. The Morgan fingerprint density at radius 1 is 1.56 bits per heavy atom. The van der Waals surface area contributed by atoms with Crippen LogP contribution < -0.4 is 9.14 Å². The minimum Gasteiger partial charge on any atom is -0.462 e. The fraction of sp³-hybridized carbons (Fsp3) is 0.308. The predicted molar refractivity (Wildman–Crippen MR) is 64.4 cm³/mol. The van der Waals surface area contributed by atoms with Crippen molar-refractivity contribution in [3.05, 3.63) is 30.1 Å². The largest absolute Gasteiger partial charge is 0.462 e. The van der Waals surface area contributed by atoms with Crippen LogP contribution in [0.25, 0.3) is 5.65 Å². The van der Waals surface area contributed by atoms with E-state index in [0.717, 1.165) is 5.65 Å². The number of nitriles is 1. The standard InChI is InChI=1S/C13H14N3O2/c1-10(17)12-13(18-2)16-8-4-3-6-11(16)15(12)9-5-7-14/h3-4,6,8H,5,9H2,1-2H3/q+1. The van der Waals surface area contributed by atoms with E-state index in [2.05, 4.69) is 6.07 Å². The van der Waals surface area contributed by atoms with Crippen molar-refractivity contribution in [2.75, 3.05) is 7.11 Å². The summed E-state index contributed by atoms with van der Waals surface area (Å²) in [7, 11) is 1.54. The quantitative estimate of drug-likeness (QED) is 0.602. The first-order valence-electron chi connectivity index (χ1n) is 5.65. The fourth-order valence-corrected chi connectivity index (χ4v) is 2.09. The molecule has 0 atom stereocenters. The van der Waals surface area contributed by atoms with Gasteiger partial charge in [0, 0.05) is 13.0 Å². The maximum atomic E-state index is 11.8. The van der Waals surface area contributed by atoms with Gasteiger partial charge in [-0.1, -0.05) is 6.07 Å². The van der Waals surface area contributed by atoms with Crippen LogP contribution in [0.5, 0.6) is 5.88 Å². The number of hydrogen-bond acceptors (Lipinski definition) is 3. The van der Waals surface area contributed by atoms with Crippen LogP contribution in [-0.4, -0.2) is 17.5 Å². The molecule has 2 aromatic rings. The summed E-state index contributed by atoms with van der Waals surface area (Å²) < 4.78 is 8.96. The normalized spacial score (nSPS) is 10.3. The number of fused-ring (bicyclic) bond motifs is 1. The summed E-state index contributed by atoms with van der Waals surface area (Å²) >= 11 is 0. The van der Waals surface area contributed by atoms with Crippen molar-refractivity contribution in [2.24, 2.45) is 0 Å². The lowest BCUT2D eigenvalue weighted by Crippen LogP contribution is -2.21. The molecular formula is C13H14N3O2+. The smallest absolute Gasteiger partial charge is 0.341 e. The molecule has 5 heteroatoms. The number of nitrogens with zero attached hydrogens (tertiary/aromatic N) is 3. The van der Waals surface area contributed by atoms with E-state index in [4.69, 9.17) is 10.00 Å². The molecule has 18 heavy (non-hydrogen) atoms. The van der Waals surface area contributed by atoms with Crippen LogP contribution in [0.3, 0.4) is 0 Å². The van der Waals surface area contributed by atoms with Gasteiger partial charge in [0.2, 0.25) is 5.78 Å². The lowest BCUT2D eigenvalue weighted by molar-refractivity contribution is -0.520. The topological polar surface area (TPSA) is 59.1 Å². The second-order valence-electron chi connectivity index (χ2n) is 3.90. The number of aromatic nitrogens is 2. The van der Waals surface area contributed by atoms with Crippen LogP contribution >= 0.6 is 0 Å². The van der Waals surface area contributed by atoms with Crippen molar-refractivity contribution < 1.29 is 13.9 Å². The minimum atomic E-state index is -0.0755. The maximum Gasteiger partial charge on any atom is 0.341 e. The van der Waals surface area contributed by atoms with Crippen molar-refractivity contribution in [2.45, 2.75) is 19.9 Å². The number of imidazole rings is 1. The molecule has 0 saturated heterocycles. The number of ether oxygens (including phenoxy) is 1. The molecular weight excluding hydrogens is 230 g/mol. The molecule has 0 fully saturated rings. The van der Waals surface area contributed by atoms with E-state index in [9.17, 15) is 4.79 Å². The molecule has 0 aliphatic rings. The Kier molecular flexibility index (Phi) is 3.28. The van der Waals surface area contributed by atoms with Crippen LogP contribution in [0.2, 0.25) is 0 Å². The number of aryl methyl sites for hydroxylation is 1. The zero-order valence-electron chi connectivity index (χ0n) is 10.4. The Labute approximate surface area is 105 Å². The molecule has 2 heterocycles. The Bertz CT molecular complexity index is 637. The highest BCUT2D eigenvalue weighted by Gasteiger charge is 2.29. The Hall–Kier alpha value is -2.35. The van der Waals surface area contributed by atoms with Crippen LogP contribution in [0.4, 0.5) is 0 Å². The van der Waals surface area contributed by atoms with Crippen molar-refractivity contribution in [3.8, 4) is 11.9 Å². The molecule has 0 aliphatic carbocycles. The summed E-state index contributed by atoms with van der Waals surface area (Å²) in [4.78, 5) is 11.8. The summed E-state index contributed by atoms with van der Waals surface area (Å²) in [6.07, 6.45) is 2.19. The summed E-state index contributed by atoms with van der Waals surface area (Å²) in [6.45, 7) is 1.97. The zero-order valence-corrected chi connectivity index (χ0v) is 10.4. The van der Waals surface area contributed by atoms with Gasteiger partial charge >= 0.3 is 5.88 Å². The average molecular weight is 244 g/mol. The number of methoxy groups -OCH3 is 1. The number of carbonyl (C=O) groups excluding carboxylic acids is 1. The number of hydrogen-bond donors (Lipinski definition) is 0. The molecule has 0 saturated carbocycles. The van der Waals surface area contributed by atoms with Gasteiger partial charge in [-0.2, -0.15) is 9.66 Å². The van der Waals surface area contributed by atoms with E-state index in [0.29, 0.717) is 24.5 Å². The van der Waals surface area contributed by atoms with Crippen LogP contribution in [0, 0.1) is 11.3 Å². The van der Waals surface area contributed by atoms with Gasteiger partial charge in [0.05, 0.1) is 25.8 Å². The highest BCUT2D eigenvalue weighted by Crippen LogP contribution is 2.19. The second-order valence-corrected chi connectivity index (χ2v) is 3.90. The molecule has 5 nitrogen and oxygen atoms in total. The van der Waals surface area contributed by atoms with Gasteiger partial charge in [-0.05, 0) is 6.07 Å². The number of rotatable bonds is 4. The van der Waals surface area contributed by atoms with Gasteiger partial charge in [0.15, 0.2) is 0 Å². The second kappa shape index (κ2) is 4.88. The lowest BCUT2D eigenvalue weighted by atomic mass is 10.3. The van der Waals surface area contributed by atoms with E-state index >= 15 is 0 Å². The van der Waals surface area contributed by atoms with Gasteiger partial charge in [0.25, 0.3) is 11.3 Å². The molecule has 0 radical (unpaired) electrons. The van der Waals surface area contributed by atoms with Crippen LogP contribution in [0.15, 0.2) is 24.4 Å². The highest BCUT2D eigenvalue weighted by molar-refractivity contribution is 5.95. The summed E-state index contributed by atoms with van der Waals surface area (Å²) in [5.41, 5.74) is 1.34. The molecule has 2 aromatic heterocycles. The molecule has 0 N–H and O–H groups in total. The zero-order chi connectivity index (χ0) is 13.1. The van der Waals surface area contributed by atoms with Crippen LogP contribution in [0.1, 0.15) is 23.8 Å². The van der Waals surface area contributed by atoms with E-state index in [1.807, 2.05) is 33.4 Å². The minimum absolute atomic E-state index is 0.0755. The first-order valence-corrected chi connectivity index (χ1v) is 5.65. The molecule has 0 amide bonds. The summed E-state index contributed by atoms with van der Waals surface area (Å²) in [5.74, 6) is 0.435. The molecule has 0 spiro atoms. The van der Waals surface area contributed by atoms with Crippen molar-refractivity contribution in [1.29, 1.82) is 5.26 Å². The highest BCUT2D eigenvalue weighted by atomic mass is 16.5. The van der Waals surface area contributed by atoms with Gasteiger partial charge in [-0.25, -0.2) is 4.57 Å². The monoisotopic (exact) mass is 244 g/mol. The Balaban J connectivity index is 2.75. The third-order valence-corrected chi connectivity index (χ3v) is 2.78. The van der Waals surface area contributed by atoms with Crippen molar-refractivity contribution in [1.82, 2.24) is 4.57 Å². The van der Waals surface area contributed by atoms with Crippen LogP contribution in [-0.2, 0) is 6.54 Å². The number of pyridine rings is 1. The SMILES string of the molecule is COc1c(C(C)=O)n(CCC#N)c2cccc[n+]12. The van der Waals surface area contributed by atoms with E-state index in [1.54, 1.807) is 0 Å². The van der Waals surface area contributed by atoms with Crippen molar-refractivity contribution in [3.63, 3.8) is 0 Å². The maximum absolute atomic E-state index is 11.8. The van der Waals surface area contributed by atoms with E-state index in [-0.39, 0.29) is 5.78 Å². The summed E-state index contributed by atoms with van der Waals surface area (Å²) in [6, 6.07) is 7.75. The number of carbonyl (C=O) groups is 1. The Morgan fingerprint density at radius 3 is 2.94 bits per heavy atom. The third kappa shape index (κ3) is 1.82. The molecule has 0 bridgehead atoms. The average Bonchev–Trinajstić information content (AvgIpc) is 2.70. The molecule has 2 rings (SSSR count). The third-order valence-electron chi connectivity index (χ3n) is 2.78. The molecule has 92 valence electrons. The Morgan fingerprint density at radius 2 is 2.33 bits per heavy atom. The van der Waals surface area contributed by atoms with Gasteiger partial charge in [0.1, 0.15) is 6.54 Å². The molecule has 0 aliphatic heterocycles. The first kappa shape index (κ1) is 12.1. The van der Waals surface area contributed by atoms with Gasteiger partial charge in [-0.15, -0.1) is 0 Å². The van der Waals surface area contributed by atoms with Gasteiger partial charge < -0.3 is 4.74 Å². The molecule has 0 aromatic carbocycles. The van der Waals surface area contributed by atoms with Crippen molar-refractivity contribution >= 4 is 11.4 Å². The molecule has 0 unspecified atom stereocenters. The fourth-order valence-electron chi connectivity index (χ4n) is 2.09. The van der Waals surface area contributed by atoms with E-state index in [1.165, 1.54) is 14.0 Å². The van der Waals surface area contributed by atoms with E-state index < -0.39 is 0 Å². The van der Waals surface area contributed by atoms with Gasteiger partial charge in [-0.3, -0.25) is 4.79 Å². The predicted octanol–water partition coefficient (Wildman–Crippen LogP) is 1.35. The lowest BCUT2D eigenvalue weighted by Gasteiger charge is -1.97. The number of Topliss-reactive ketones (excluding diaryl/α,β-unsaturated/α-hetero) is 1. The first-order chi connectivity index (χ1) is 8.70. The summed E-state index contributed by atoms with van der Waals surface area (Å²) in [5, 5.41) is 8.71.